The molecule has 21 heavy (non-hydrogen) atoms. The molecule has 0 saturated carbocycles. The first-order chi connectivity index (χ1) is 10.0. The number of aromatic nitrogens is 2. The zero-order chi connectivity index (χ0) is 15.4. The van der Waals surface area contributed by atoms with Gasteiger partial charge in [-0.15, -0.1) is 0 Å². The molecule has 0 amide bonds. The molecule has 2 rings (SSSR count). The molecule has 1 aromatic heterocycles. The van der Waals surface area contributed by atoms with Crippen LogP contribution >= 0.6 is 22.6 Å². The van der Waals surface area contributed by atoms with Gasteiger partial charge in [0, 0.05) is 19.6 Å². The Morgan fingerprint density at radius 1 is 1.43 bits per heavy atom. The van der Waals surface area contributed by atoms with Gasteiger partial charge in [-0.05, 0) is 48.9 Å². The molecule has 1 saturated heterocycles. The number of likely N-dealkylation sites (N-methyl/N-ethyl adjacent to an activating group) is 1. The van der Waals surface area contributed by atoms with Crippen molar-refractivity contribution in [2.45, 2.75) is 33.3 Å². The first kappa shape index (κ1) is 16.9. The summed E-state index contributed by atoms with van der Waals surface area (Å²) in [5.41, 5.74) is 1.13. The van der Waals surface area contributed by atoms with Crippen molar-refractivity contribution in [3.05, 3.63) is 15.1 Å². The van der Waals surface area contributed by atoms with Crippen molar-refractivity contribution in [1.82, 2.24) is 14.9 Å². The molecule has 0 radical (unpaired) electrons. The van der Waals surface area contributed by atoms with Crippen LogP contribution in [0, 0.1) is 9.49 Å². The summed E-state index contributed by atoms with van der Waals surface area (Å²) >= 11 is 2.35. The first-order valence-electron chi connectivity index (χ1n) is 7.61. The predicted octanol–water partition coefficient (Wildman–Crippen LogP) is 2.71. The van der Waals surface area contributed by atoms with E-state index >= 15 is 0 Å². The van der Waals surface area contributed by atoms with E-state index in [1.807, 2.05) is 0 Å². The lowest BCUT2D eigenvalue weighted by molar-refractivity contribution is -0.0255. The Morgan fingerprint density at radius 2 is 2.19 bits per heavy atom. The van der Waals surface area contributed by atoms with E-state index in [1.54, 1.807) is 0 Å². The van der Waals surface area contributed by atoms with E-state index in [9.17, 15) is 0 Å². The molecule has 0 aromatic carbocycles. The Kier molecular flexibility index (Phi) is 6.19. The smallest absolute Gasteiger partial charge is 0.161 e. The Balaban J connectivity index is 2.33. The zero-order valence-corrected chi connectivity index (χ0v) is 15.5. The van der Waals surface area contributed by atoms with E-state index < -0.39 is 0 Å². The normalized spacial score (nSPS) is 20.0. The van der Waals surface area contributed by atoms with Gasteiger partial charge in [-0.1, -0.05) is 13.8 Å². The van der Waals surface area contributed by atoms with Crippen LogP contribution in [-0.2, 0) is 11.2 Å². The van der Waals surface area contributed by atoms with Crippen LogP contribution in [0.5, 0.6) is 0 Å². The number of morpholine rings is 1. The minimum absolute atomic E-state index is 0.0240. The summed E-state index contributed by atoms with van der Waals surface area (Å²) in [6, 6.07) is 0. The van der Waals surface area contributed by atoms with Gasteiger partial charge in [-0.3, -0.25) is 0 Å². The number of rotatable bonds is 5. The largest absolute Gasteiger partial charge is 0.369 e. The molecule has 1 aliphatic heterocycles. The summed E-state index contributed by atoms with van der Waals surface area (Å²) in [4.78, 5) is 11.8. The van der Waals surface area contributed by atoms with Crippen molar-refractivity contribution in [2.75, 3.05) is 38.6 Å². The topological polar surface area (TPSA) is 50.3 Å². The molecule has 1 atom stereocenters. The maximum absolute atomic E-state index is 5.87. The second kappa shape index (κ2) is 7.69. The van der Waals surface area contributed by atoms with Crippen LogP contribution in [0.4, 0.5) is 5.82 Å². The van der Waals surface area contributed by atoms with Crippen LogP contribution in [0.1, 0.15) is 38.4 Å². The molecule has 1 aliphatic rings. The lowest BCUT2D eigenvalue weighted by atomic mass is 10.1. The molecule has 1 fully saturated rings. The summed E-state index contributed by atoms with van der Waals surface area (Å²) in [7, 11) is 2.11. The molecule has 1 N–H and O–H groups in total. The molecule has 0 bridgehead atoms. The van der Waals surface area contributed by atoms with Crippen molar-refractivity contribution in [3.8, 4) is 0 Å². The fourth-order valence-corrected chi connectivity index (χ4v) is 3.05. The Labute approximate surface area is 141 Å². The Bertz CT molecular complexity index is 481. The number of nitrogens with zero attached hydrogens (tertiary/aromatic N) is 3. The number of ether oxygens (including phenoxy) is 1. The second-order valence-corrected chi connectivity index (χ2v) is 7.02. The predicted molar refractivity (Wildman–Crippen MR) is 93.6 cm³/mol. The Morgan fingerprint density at radius 3 is 2.81 bits per heavy atom. The number of halogens is 1. The highest BCUT2D eigenvalue weighted by Crippen LogP contribution is 2.26. The van der Waals surface area contributed by atoms with Gasteiger partial charge in [0.2, 0.25) is 0 Å². The van der Waals surface area contributed by atoms with Crippen molar-refractivity contribution < 1.29 is 4.74 Å². The monoisotopic (exact) mass is 404 g/mol. The van der Waals surface area contributed by atoms with Crippen LogP contribution in [0.25, 0.3) is 0 Å². The number of nitrogens with one attached hydrogen (secondary N) is 1. The molecule has 2 heterocycles. The molecule has 1 unspecified atom stereocenters. The van der Waals surface area contributed by atoms with Gasteiger partial charge < -0.3 is 15.0 Å². The fraction of sp³-hybridized carbons (Fsp3) is 0.733. The SMILES string of the molecule is CCNc1nc(C2CN(C)CCO2)nc(CC(C)C)c1I. The minimum atomic E-state index is -0.0240. The fourth-order valence-electron chi connectivity index (χ4n) is 2.40. The van der Waals surface area contributed by atoms with Crippen LogP contribution in [-0.4, -0.2) is 48.2 Å². The average Bonchev–Trinajstić information content (AvgIpc) is 2.42. The first-order valence-corrected chi connectivity index (χ1v) is 8.69. The van der Waals surface area contributed by atoms with Crippen molar-refractivity contribution in [3.63, 3.8) is 0 Å². The lowest BCUT2D eigenvalue weighted by Crippen LogP contribution is -2.36. The number of hydrogen-bond acceptors (Lipinski definition) is 5. The summed E-state index contributed by atoms with van der Waals surface area (Å²) in [6.45, 7) is 9.95. The van der Waals surface area contributed by atoms with Gasteiger partial charge in [0.15, 0.2) is 5.82 Å². The molecule has 5 nitrogen and oxygen atoms in total. The van der Waals surface area contributed by atoms with Crippen LogP contribution in [0.2, 0.25) is 0 Å². The summed E-state index contributed by atoms with van der Waals surface area (Å²) in [6.07, 6.45) is 0.943. The highest BCUT2D eigenvalue weighted by molar-refractivity contribution is 14.1. The van der Waals surface area contributed by atoms with E-state index in [0.29, 0.717) is 5.92 Å². The highest BCUT2D eigenvalue weighted by atomic mass is 127. The van der Waals surface area contributed by atoms with Gasteiger partial charge in [-0.25, -0.2) is 9.97 Å². The third-order valence-corrected chi connectivity index (χ3v) is 4.57. The van der Waals surface area contributed by atoms with E-state index in [1.165, 1.54) is 0 Å². The average molecular weight is 404 g/mol. The van der Waals surface area contributed by atoms with Gasteiger partial charge >= 0.3 is 0 Å². The molecule has 1 aromatic rings. The van der Waals surface area contributed by atoms with Crippen LogP contribution < -0.4 is 5.32 Å². The third-order valence-electron chi connectivity index (χ3n) is 3.44. The number of hydrogen-bond donors (Lipinski definition) is 1. The van der Waals surface area contributed by atoms with E-state index in [2.05, 4.69) is 60.6 Å². The van der Waals surface area contributed by atoms with Gasteiger partial charge in [0.05, 0.1) is 15.9 Å². The van der Waals surface area contributed by atoms with Crippen molar-refractivity contribution in [1.29, 1.82) is 0 Å². The van der Waals surface area contributed by atoms with Crippen molar-refractivity contribution >= 4 is 28.4 Å². The number of anilines is 1. The quantitative estimate of drug-likeness (QED) is 0.765. The minimum Gasteiger partial charge on any atom is -0.369 e. The summed E-state index contributed by atoms with van der Waals surface area (Å²) < 4.78 is 7.01. The standard InChI is InChI=1S/C15H25IN4O/c1-5-17-15-13(16)11(8-10(2)3)18-14(19-15)12-9-20(4)6-7-21-12/h10,12H,5-9H2,1-4H3,(H,17,18,19). The maximum Gasteiger partial charge on any atom is 0.161 e. The van der Waals surface area contributed by atoms with E-state index in [-0.39, 0.29) is 6.10 Å². The van der Waals surface area contributed by atoms with Crippen LogP contribution in [0.3, 0.4) is 0 Å². The third kappa shape index (κ3) is 4.50. The molecule has 0 aliphatic carbocycles. The summed E-state index contributed by atoms with van der Waals surface area (Å²) in [5, 5.41) is 3.35. The highest BCUT2D eigenvalue weighted by Gasteiger charge is 2.24. The summed E-state index contributed by atoms with van der Waals surface area (Å²) in [5.74, 6) is 2.33. The second-order valence-electron chi connectivity index (χ2n) is 5.94. The molecule has 118 valence electrons. The molecular formula is C15H25IN4O. The molecular weight excluding hydrogens is 379 g/mol. The van der Waals surface area contributed by atoms with Gasteiger partial charge in [-0.2, -0.15) is 0 Å². The Hall–Kier alpha value is -0.470. The molecule has 6 heteroatoms. The van der Waals surface area contributed by atoms with Gasteiger partial charge in [0.25, 0.3) is 0 Å². The lowest BCUT2D eigenvalue weighted by Gasteiger charge is -2.29. The zero-order valence-electron chi connectivity index (χ0n) is 13.3. The van der Waals surface area contributed by atoms with E-state index in [0.717, 1.165) is 53.6 Å². The van der Waals surface area contributed by atoms with Gasteiger partial charge in [0.1, 0.15) is 11.9 Å². The van der Waals surface area contributed by atoms with Crippen molar-refractivity contribution in [2.24, 2.45) is 5.92 Å². The maximum atomic E-state index is 5.87. The van der Waals surface area contributed by atoms with Crippen LogP contribution in [0.15, 0.2) is 0 Å². The van der Waals surface area contributed by atoms with E-state index in [4.69, 9.17) is 14.7 Å². The molecule has 0 spiro atoms.